The summed E-state index contributed by atoms with van der Waals surface area (Å²) in [5, 5.41) is 0. The van der Waals surface area contributed by atoms with Gasteiger partial charge in [-0.25, -0.2) is 19.9 Å². The summed E-state index contributed by atoms with van der Waals surface area (Å²) in [5.74, 6) is 2.88. The van der Waals surface area contributed by atoms with Crippen molar-refractivity contribution in [3.8, 4) is 51.0 Å². The van der Waals surface area contributed by atoms with E-state index in [0.717, 1.165) is 61.5 Å². The molecule has 2 aliphatic rings. The van der Waals surface area contributed by atoms with Gasteiger partial charge in [0.1, 0.15) is 11.2 Å². The number of nitrogens with zero attached hydrogens (tertiary/aromatic N) is 5. The van der Waals surface area contributed by atoms with Crippen molar-refractivity contribution in [2.45, 2.75) is 5.41 Å². The van der Waals surface area contributed by atoms with Crippen molar-refractivity contribution in [1.82, 2.24) is 24.5 Å². The fraction of sp³-hybridized carbons (Fsp3) is 0.0213. The second-order valence-corrected chi connectivity index (χ2v) is 13.1. The van der Waals surface area contributed by atoms with Gasteiger partial charge in [-0.3, -0.25) is 4.57 Å². The van der Waals surface area contributed by atoms with E-state index in [9.17, 15) is 0 Å². The highest BCUT2D eigenvalue weighted by molar-refractivity contribution is 5.99. The number of benzene rings is 6. The highest BCUT2D eigenvalue weighted by atomic mass is 15.1. The van der Waals surface area contributed by atoms with Crippen molar-refractivity contribution >= 4 is 16.6 Å². The Kier molecular flexibility index (Phi) is 6.63. The highest BCUT2D eigenvalue weighted by Crippen LogP contribution is 2.60. The van der Waals surface area contributed by atoms with Gasteiger partial charge in [0, 0.05) is 22.3 Å². The van der Waals surface area contributed by atoms with Crippen molar-refractivity contribution in [1.29, 1.82) is 0 Å². The van der Waals surface area contributed by atoms with Gasteiger partial charge >= 0.3 is 0 Å². The molecule has 0 bridgehead atoms. The van der Waals surface area contributed by atoms with Crippen LogP contribution in [-0.2, 0) is 5.41 Å². The zero-order valence-corrected chi connectivity index (χ0v) is 28.2. The smallest absolute Gasteiger partial charge is 0.164 e. The maximum absolute atomic E-state index is 5.46. The van der Waals surface area contributed by atoms with E-state index >= 15 is 0 Å². The Morgan fingerprint density at radius 1 is 0.462 bits per heavy atom. The van der Waals surface area contributed by atoms with Crippen LogP contribution in [0.3, 0.4) is 0 Å². The lowest BCUT2D eigenvalue weighted by atomic mass is 9.72. The summed E-state index contributed by atoms with van der Waals surface area (Å²) in [6.45, 7) is 8.56. The maximum atomic E-state index is 5.46. The molecule has 3 heterocycles. The van der Waals surface area contributed by atoms with E-state index < -0.39 is 5.41 Å². The first kappa shape index (κ1) is 29.9. The number of imidazole rings is 1. The third-order valence-electron chi connectivity index (χ3n) is 10.4. The van der Waals surface area contributed by atoms with Crippen LogP contribution in [0.1, 0.15) is 22.5 Å². The second kappa shape index (κ2) is 11.5. The molecule has 8 aromatic rings. The molecule has 1 spiro atoms. The molecule has 1 aliphatic carbocycles. The van der Waals surface area contributed by atoms with E-state index in [-0.39, 0.29) is 0 Å². The highest BCUT2D eigenvalue weighted by Gasteiger charge is 2.54. The Morgan fingerprint density at radius 2 is 1.00 bits per heavy atom. The summed E-state index contributed by atoms with van der Waals surface area (Å²) in [7, 11) is 0. The lowest BCUT2D eigenvalue weighted by Gasteiger charge is -2.28. The van der Waals surface area contributed by atoms with E-state index in [1.54, 1.807) is 0 Å². The predicted molar refractivity (Wildman–Crippen MR) is 210 cm³/mol. The van der Waals surface area contributed by atoms with Gasteiger partial charge in [-0.15, -0.1) is 0 Å². The zero-order valence-electron chi connectivity index (χ0n) is 28.2. The van der Waals surface area contributed by atoms with Gasteiger partial charge < -0.3 is 0 Å². The van der Waals surface area contributed by atoms with E-state index in [2.05, 4.69) is 109 Å². The largest absolute Gasteiger partial charge is 0.294 e. The Morgan fingerprint density at radius 3 is 1.63 bits per heavy atom. The molecule has 5 heteroatoms. The first-order valence-corrected chi connectivity index (χ1v) is 17.4. The van der Waals surface area contributed by atoms with Crippen molar-refractivity contribution in [2.24, 2.45) is 0 Å². The van der Waals surface area contributed by atoms with Crippen LogP contribution >= 0.6 is 0 Å². The molecule has 0 saturated carbocycles. The van der Waals surface area contributed by atoms with Crippen LogP contribution in [0.25, 0.3) is 67.6 Å². The Balaban J connectivity index is 1.15. The van der Waals surface area contributed by atoms with E-state index in [1.165, 1.54) is 16.7 Å². The molecular formula is C47H31N5. The minimum absolute atomic E-state index is 0.607. The molecule has 10 rings (SSSR count). The molecule has 0 saturated heterocycles. The van der Waals surface area contributed by atoms with Crippen LogP contribution < -0.4 is 0 Å². The van der Waals surface area contributed by atoms with Crippen LogP contribution in [0.5, 0.6) is 0 Å². The summed E-state index contributed by atoms with van der Waals surface area (Å²) in [4.78, 5) is 20.2. The minimum atomic E-state index is -0.607. The summed E-state index contributed by atoms with van der Waals surface area (Å²) in [5.41, 5.74) is 13.3. The third kappa shape index (κ3) is 4.17. The summed E-state index contributed by atoms with van der Waals surface area (Å²) in [6.07, 6.45) is 3.96. The van der Waals surface area contributed by atoms with Crippen molar-refractivity contribution in [3.63, 3.8) is 0 Å². The average molecular weight is 666 g/mol. The molecule has 0 N–H and O–H groups in total. The number of para-hydroxylation sites is 2. The summed E-state index contributed by atoms with van der Waals surface area (Å²) in [6, 6.07) is 52.3. The van der Waals surface area contributed by atoms with E-state index in [1.807, 2.05) is 72.8 Å². The van der Waals surface area contributed by atoms with Gasteiger partial charge in [0.2, 0.25) is 0 Å². The standard InChI is InChI=1S/C47H31N5/c1-3-34-36-20-11-12-22-38(36)47(37(34)4-2)39-23-13-14-25-41(39)52-42-35(21-15-24-40(42)48-46(47)52)30-26-28-33(29-27-30)45-50-43(31-16-7-5-8-17-31)49-44(51-45)32-18-9-6-10-19-32/h3-29H,1-2H2. The number of fused-ring (bicyclic) bond motifs is 9. The molecule has 244 valence electrons. The summed E-state index contributed by atoms with van der Waals surface area (Å²) < 4.78 is 2.37. The lowest BCUT2D eigenvalue weighted by Crippen LogP contribution is -2.27. The van der Waals surface area contributed by atoms with Crippen LogP contribution in [0, 0.1) is 0 Å². The van der Waals surface area contributed by atoms with Gasteiger partial charge in [-0.1, -0.05) is 165 Å². The number of rotatable bonds is 6. The lowest BCUT2D eigenvalue weighted by molar-refractivity contribution is 0.732. The Labute approximate surface area is 301 Å². The first-order valence-electron chi connectivity index (χ1n) is 17.4. The molecule has 0 amide bonds. The number of hydrogen-bond acceptors (Lipinski definition) is 4. The SMILES string of the molecule is C=CC1=C(C=C)C2(c3ccccc31)c1ccccc1-n1c2nc2cccc(-c3ccc(-c4nc(-c5ccccc5)nc(-c5ccccc5)n4)cc3)c21. The number of allylic oxidation sites excluding steroid dienone is 4. The fourth-order valence-electron chi connectivity index (χ4n) is 8.24. The molecule has 2 aromatic heterocycles. The van der Waals surface area contributed by atoms with Gasteiger partial charge in [-0.2, -0.15) is 0 Å². The van der Waals surface area contributed by atoms with Crippen molar-refractivity contribution in [3.05, 3.63) is 205 Å². The maximum Gasteiger partial charge on any atom is 0.164 e. The Bertz CT molecular complexity index is 2700. The predicted octanol–water partition coefficient (Wildman–Crippen LogP) is 10.7. The third-order valence-corrected chi connectivity index (χ3v) is 10.4. The fourth-order valence-corrected chi connectivity index (χ4v) is 8.24. The molecule has 52 heavy (non-hydrogen) atoms. The minimum Gasteiger partial charge on any atom is -0.294 e. The summed E-state index contributed by atoms with van der Waals surface area (Å²) >= 11 is 0. The number of hydrogen-bond donors (Lipinski definition) is 0. The van der Waals surface area contributed by atoms with E-state index in [0.29, 0.717) is 17.5 Å². The van der Waals surface area contributed by atoms with Crippen LogP contribution in [0.2, 0.25) is 0 Å². The van der Waals surface area contributed by atoms with Gasteiger partial charge in [0.15, 0.2) is 17.5 Å². The molecule has 5 nitrogen and oxygen atoms in total. The van der Waals surface area contributed by atoms with Crippen molar-refractivity contribution in [2.75, 3.05) is 0 Å². The van der Waals surface area contributed by atoms with Gasteiger partial charge in [-0.05, 0) is 45.5 Å². The molecule has 0 fully saturated rings. The first-order chi connectivity index (χ1) is 25.7. The monoisotopic (exact) mass is 665 g/mol. The Hall–Kier alpha value is -6.98. The van der Waals surface area contributed by atoms with Crippen molar-refractivity contribution < 1.29 is 0 Å². The molecule has 1 unspecified atom stereocenters. The quantitative estimate of drug-likeness (QED) is 0.177. The zero-order chi connectivity index (χ0) is 34.8. The molecule has 0 radical (unpaired) electrons. The van der Waals surface area contributed by atoms with E-state index in [4.69, 9.17) is 19.9 Å². The topological polar surface area (TPSA) is 56.5 Å². The molecule has 1 aliphatic heterocycles. The molecule has 1 atom stereocenters. The normalized spacial score (nSPS) is 15.5. The van der Waals surface area contributed by atoms with Crippen LogP contribution in [0.4, 0.5) is 0 Å². The van der Waals surface area contributed by atoms with Crippen LogP contribution in [0.15, 0.2) is 183 Å². The van der Waals surface area contributed by atoms with Crippen LogP contribution in [-0.4, -0.2) is 24.5 Å². The number of aromatic nitrogens is 5. The average Bonchev–Trinajstić information content (AvgIpc) is 3.84. The molecular weight excluding hydrogens is 635 g/mol. The van der Waals surface area contributed by atoms with Gasteiger partial charge in [0.05, 0.1) is 16.7 Å². The second-order valence-electron chi connectivity index (χ2n) is 13.1. The molecule has 6 aromatic carbocycles. The van der Waals surface area contributed by atoms with Gasteiger partial charge in [0.25, 0.3) is 0 Å².